The first-order chi connectivity index (χ1) is 8.29. The Morgan fingerprint density at radius 2 is 1.47 bits per heavy atom. The van der Waals surface area contributed by atoms with Gasteiger partial charge in [-0.25, -0.2) is 0 Å². The first kappa shape index (κ1) is 18.1. The molecule has 2 nitrogen and oxygen atoms in total. The molecular formula is C15H27NO. The molecule has 2 rings (SSSR count). The maximum atomic E-state index is 5.00. The highest BCUT2D eigenvalue weighted by Crippen LogP contribution is 2.15. The highest BCUT2D eigenvalue weighted by molar-refractivity contribution is 5.78. The van der Waals surface area contributed by atoms with Crippen molar-refractivity contribution in [1.82, 2.24) is 5.16 Å². The van der Waals surface area contributed by atoms with Crippen LogP contribution in [-0.4, -0.2) is 5.16 Å². The maximum Gasteiger partial charge on any atom is 0.167 e. The van der Waals surface area contributed by atoms with Gasteiger partial charge in [0.1, 0.15) is 0 Å². The molecule has 0 saturated carbocycles. The second-order valence-electron chi connectivity index (χ2n) is 2.97. The summed E-state index contributed by atoms with van der Waals surface area (Å²) in [5, 5.41) is 4.92. The fourth-order valence-corrected chi connectivity index (χ4v) is 1.01. The molecule has 0 bridgehead atoms. The molecule has 17 heavy (non-hydrogen) atoms. The van der Waals surface area contributed by atoms with Crippen molar-refractivity contribution >= 4 is 11.0 Å². The molecule has 0 spiro atoms. The van der Waals surface area contributed by atoms with Crippen LogP contribution in [0.15, 0.2) is 28.8 Å². The average molecular weight is 237 g/mol. The number of aryl methyl sites for hydroxylation is 1. The minimum atomic E-state index is 0.861. The molecule has 0 saturated heterocycles. The molecule has 0 fully saturated rings. The number of nitrogens with zero attached hydrogens (tertiary/aromatic N) is 1. The first-order valence-electron chi connectivity index (χ1n) is 6.60. The predicted molar refractivity (Wildman–Crippen MR) is 77.4 cm³/mol. The highest BCUT2D eigenvalue weighted by atomic mass is 16.5. The van der Waals surface area contributed by atoms with E-state index < -0.39 is 0 Å². The first-order valence-corrected chi connectivity index (χ1v) is 6.60. The summed E-state index contributed by atoms with van der Waals surface area (Å²) in [5.74, 6) is 0. The largest absolute Gasteiger partial charge is 0.356 e. The molecule has 1 aromatic carbocycles. The second-order valence-corrected chi connectivity index (χ2v) is 2.97. The van der Waals surface area contributed by atoms with E-state index in [1.165, 1.54) is 6.42 Å². The number of hydrogen-bond donors (Lipinski definition) is 0. The Morgan fingerprint density at radius 1 is 1.00 bits per heavy atom. The highest BCUT2D eigenvalue weighted by Gasteiger charge is 1.99. The van der Waals surface area contributed by atoms with E-state index in [0.29, 0.717) is 0 Å². The number of aromatic nitrogens is 1. The quantitative estimate of drug-likeness (QED) is 0.595. The lowest BCUT2D eigenvalue weighted by Gasteiger charge is -1.82. The topological polar surface area (TPSA) is 26.0 Å². The van der Waals surface area contributed by atoms with Gasteiger partial charge in [-0.1, -0.05) is 65.3 Å². The van der Waals surface area contributed by atoms with Crippen LogP contribution in [0.5, 0.6) is 0 Å². The van der Waals surface area contributed by atoms with E-state index in [4.69, 9.17) is 4.52 Å². The molecule has 0 radical (unpaired) electrons. The summed E-state index contributed by atoms with van der Waals surface area (Å²) in [6.07, 6.45) is 1.25. The van der Waals surface area contributed by atoms with Crippen LogP contribution in [0.1, 0.15) is 53.7 Å². The van der Waals surface area contributed by atoms with Gasteiger partial charge in [0.15, 0.2) is 5.58 Å². The third-order valence-corrected chi connectivity index (χ3v) is 1.56. The Hall–Kier alpha value is -1.31. The molecule has 1 heterocycles. The van der Waals surface area contributed by atoms with Gasteiger partial charge in [-0.3, -0.25) is 0 Å². The fourth-order valence-electron chi connectivity index (χ4n) is 1.01. The van der Waals surface area contributed by atoms with Crippen LogP contribution in [0.2, 0.25) is 0 Å². The van der Waals surface area contributed by atoms with Crippen molar-refractivity contribution in [1.29, 1.82) is 0 Å². The number of fused-ring (bicyclic) bond motifs is 1. The van der Waals surface area contributed by atoms with Gasteiger partial charge < -0.3 is 4.52 Å². The molecule has 1 aromatic heterocycles. The van der Waals surface area contributed by atoms with Gasteiger partial charge in [-0.15, -0.1) is 0 Å². The summed E-state index contributed by atoms with van der Waals surface area (Å²) in [6, 6.07) is 7.83. The zero-order valence-electron chi connectivity index (χ0n) is 12.4. The van der Waals surface area contributed by atoms with Gasteiger partial charge in [-0.05, 0) is 19.1 Å². The Kier molecular flexibility index (Phi) is 13.6. The summed E-state index contributed by atoms with van der Waals surface area (Å²) in [5.41, 5.74) is 1.82. The van der Waals surface area contributed by atoms with Crippen molar-refractivity contribution in [3.8, 4) is 0 Å². The summed E-state index contributed by atoms with van der Waals surface area (Å²) in [6.45, 7) is 14.2. The van der Waals surface area contributed by atoms with Gasteiger partial charge in [-0.2, -0.15) is 0 Å². The van der Waals surface area contributed by atoms with E-state index in [1.54, 1.807) is 0 Å². The van der Waals surface area contributed by atoms with E-state index in [1.807, 2.05) is 58.9 Å². The number of rotatable bonds is 0. The fraction of sp³-hybridized carbons (Fsp3) is 0.533. The molecule has 0 aliphatic rings. The molecule has 2 aromatic rings. The summed E-state index contributed by atoms with van der Waals surface area (Å²) < 4.78 is 5.00. The summed E-state index contributed by atoms with van der Waals surface area (Å²) >= 11 is 0. The normalized spacial score (nSPS) is 7.94. The Balaban J connectivity index is 0. The average Bonchev–Trinajstić information content (AvgIpc) is 2.78. The standard InChI is InChI=1S/C8H7NO.C3H8.2C2H6/c1-6-7-4-2-3-5-8(7)10-9-6;1-3-2;2*1-2/h2-5H,1H3;3H2,1-2H3;2*1-2H3. The SMILES string of the molecule is CC.CC.CCC.Cc1noc2ccccc12. The third kappa shape index (κ3) is 6.77. The van der Waals surface area contributed by atoms with Crippen molar-refractivity contribution in [2.24, 2.45) is 0 Å². The lowest BCUT2D eigenvalue weighted by Crippen LogP contribution is -1.66. The van der Waals surface area contributed by atoms with E-state index in [0.717, 1.165) is 16.7 Å². The van der Waals surface area contributed by atoms with Crippen molar-refractivity contribution in [2.45, 2.75) is 54.9 Å². The van der Waals surface area contributed by atoms with E-state index in [9.17, 15) is 0 Å². The minimum Gasteiger partial charge on any atom is -0.356 e. The zero-order valence-corrected chi connectivity index (χ0v) is 12.4. The molecule has 0 N–H and O–H groups in total. The van der Waals surface area contributed by atoms with Crippen LogP contribution in [-0.2, 0) is 0 Å². The molecule has 0 unspecified atom stereocenters. The Labute approximate surface area is 106 Å². The van der Waals surface area contributed by atoms with E-state index in [-0.39, 0.29) is 0 Å². The smallest absolute Gasteiger partial charge is 0.167 e. The molecule has 0 amide bonds. The lowest BCUT2D eigenvalue weighted by atomic mass is 10.2. The van der Waals surface area contributed by atoms with Gasteiger partial charge in [0, 0.05) is 5.39 Å². The molecule has 0 aliphatic heterocycles. The lowest BCUT2D eigenvalue weighted by molar-refractivity contribution is 0.450. The number of para-hydroxylation sites is 1. The van der Waals surface area contributed by atoms with Crippen molar-refractivity contribution in [3.63, 3.8) is 0 Å². The van der Waals surface area contributed by atoms with Gasteiger partial charge in [0.2, 0.25) is 0 Å². The molecule has 0 aliphatic carbocycles. The molecule has 2 heteroatoms. The van der Waals surface area contributed by atoms with Crippen LogP contribution in [0.4, 0.5) is 0 Å². The van der Waals surface area contributed by atoms with Gasteiger partial charge in [0.25, 0.3) is 0 Å². The Morgan fingerprint density at radius 3 is 1.94 bits per heavy atom. The van der Waals surface area contributed by atoms with Gasteiger partial charge >= 0.3 is 0 Å². The summed E-state index contributed by atoms with van der Waals surface area (Å²) in [7, 11) is 0. The van der Waals surface area contributed by atoms with Crippen molar-refractivity contribution in [2.75, 3.05) is 0 Å². The van der Waals surface area contributed by atoms with Crippen LogP contribution < -0.4 is 0 Å². The molecular weight excluding hydrogens is 210 g/mol. The summed E-state index contributed by atoms with van der Waals surface area (Å²) in [4.78, 5) is 0. The van der Waals surface area contributed by atoms with E-state index in [2.05, 4.69) is 19.0 Å². The second kappa shape index (κ2) is 12.8. The zero-order chi connectivity index (χ0) is 13.7. The third-order valence-electron chi connectivity index (χ3n) is 1.56. The molecule has 98 valence electrons. The minimum absolute atomic E-state index is 0.861. The predicted octanol–water partition coefficient (Wildman–Crippen LogP) is 5.60. The maximum absolute atomic E-state index is 5.00. The van der Waals surface area contributed by atoms with Crippen LogP contribution >= 0.6 is 0 Å². The van der Waals surface area contributed by atoms with Crippen LogP contribution in [0.25, 0.3) is 11.0 Å². The van der Waals surface area contributed by atoms with E-state index >= 15 is 0 Å². The van der Waals surface area contributed by atoms with Crippen molar-refractivity contribution < 1.29 is 4.52 Å². The monoisotopic (exact) mass is 237 g/mol. The number of hydrogen-bond acceptors (Lipinski definition) is 2. The molecule has 0 atom stereocenters. The number of benzene rings is 1. The van der Waals surface area contributed by atoms with Gasteiger partial charge in [0.05, 0.1) is 5.69 Å². The van der Waals surface area contributed by atoms with Crippen LogP contribution in [0, 0.1) is 6.92 Å². The Bertz CT molecular complexity index is 366. The van der Waals surface area contributed by atoms with Crippen LogP contribution in [0.3, 0.4) is 0 Å². The van der Waals surface area contributed by atoms with Crippen molar-refractivity contribution in [3.05, 3.63) is 30.0 Å².